The number of anilines is 1. The quantitative estimate of drug-likeness (QED) is 0.419. The van der Waals surface area contributed by atoms with Crippen LogP contribution in [0.2, 0.25) is 0 Å². The molecule has 7 heteroatoms. The minimum Gasteiger partial charge on any atom is -0.456 e. The molecular formula is C22H26N2O3S2. The van der Waals surface area contributed by atoms with Crippen LogP contribution in [0.4, 0.5) is 5.00 Å². The van der Waals surface area contributed by atoms with E-state index in [1.165, 1.54) is 20.9 Å². The third-order valence-corrected chi connectivity index (χ3v) is 7.36. The van der Waals surface area contributed by atoms with E-state index in [0.717, 1.165) is 9.88 Å². The summed E-state index contributed by atoms with van der Waals surface area (Å²) in [5.74, 6) is -0.599. The van der Waals surface area contributed by atoms with Crippen LogP contribution in [0.25, 0.3) is 15.8 Å². The molecule has 0 saturated heterocycles. The van der Waals surface area contributed by atoms with Crippen LogP contribution in [-0.4, -0.2) is 36.9 Å². The second-order valence-electron chi connectivity index (χ2n) is 8.66. The third-order valence-electron chi connectivity index (χ3n) is 4.86. The van der Waals surface area contributed by atoms with Crippen molar-refractivity contribution >= 4 is 39.7 Å². The number of likely N-dealkylation sites (N-methyl/N-ethyl adjacent to an activating group) is 1. The molecule has 1 aliphatic rings. The summed E-state index contributed by atoms with van der Waals surface area (Å²) in [5.41, 5.74) is 1.71. The van der Waals surface area contributed by atoms with Gasteiger partial charge in [-0.2, -0.15) is 5.26 Å². The molecule has 1 N–H and O–H groups in total. The van der Waals surface area contributed by atoms with Crippen molar-refractivity contribution in [1.29, 1.82) is 5.26 Å². The summed E-state index contributed by atoms with van der Waals surface area (Å²) in [5, 5.41) is 19.8. The van der Waals surface area contributed by atoms with Crippen molar-refractivity contribution < 1.29 is 14.6 Å². The Hall–Kier alpha value is -2.14. The standard InChI is InChI=1S/C22H26N2O3S2/c1-21(2,3)27-20(26)13(12-23)9-14-10-15-18(28-14)19-16(22(15,4)5)11-17(29-19)24(6)7-8-25/h9-11,25H,7-8H2,1-6H3/b13-9+. The summed E-state index contributed by atoms with van der Waals surface area (Å²) in [6.45, 7) is 10.4. The van der Waals surface area contributed by atoms with Crippen LogP contribution in [0, 0.1) is 11.3 Å². The largest absolute Gasteiger partial charge is 0.456 e. The first kappa shape index (κ1) is 21.6. The number of rotatable bonds is 5. The molecule has 1 aliphatic carbocycles. The van der Waals surface area contributed by atoms with E-state index in [-0.39, 0.29) is 17.6 Å². The first-order chi connectivity index (χ1) is 13.5. The van der Waals surface area contributed by atoms with Gasteiger partial charge in [0.15, 0.2) is 0 Å². The van der Waals surface area contributed by atoms with Gasteiger partial charge in [-0.25, -0.2) is 4.79 Å². The molecule has 2 aromatic rings. The number of fused-ring (bicyclic) bond motifs is 3. The van der Waals surface area contributed by atoms with Gasteiger partial charge in [0.2, 0.25) is 0 Å². The maximum absolute atomic E-state index is 12.3. The highest BCUT2D eigenvalue weighted by Crippen LogP contribution is 2.57. The Kier molecular flexibility index (Phi) is 5.65. The van der Waals surface area contributed by atoms with Crippen LogP contribution in [0.5, 0.6) is 0 Å². The predicted molar refractivity (Wildman–Crippen MR) is 120 cm³/mol. The van der Waals surface area contributed by atoms with Crippen LogP contribution in [-0.2, 0) is 14.9 Å². The Morgan fingerprint density at radius 3 is 2.48 bits per heavy atom. The number of nitrogens with zero attached hydrogens (tertiary/aromatic N) is 2. The van der Waals surface area contributed by atoms with Gasteiger partial charge in [-0.3, -0.25) is 0 Å². The van der Waals surface area contributed by atoms with E-state index in [1.54, 1.807) is 49.5 Å². The molecule has 0 unspecified atom stereocenters. The van der Waals surface area contributed by atoms with Crippen molar-refractivity contribution in [3.8, 4) is 15.8 Å². The summed E-state index contributed by atoms with van der Waals surface area (Å²) in [6.07, 6.45) is 1.62. The van der Waals surface area contributed by atoms with Crippen LogP contribution < -0.4 is 4.90 Å². The number of carbonyl (C=O) groups excluding carboxylic acids is 1. The summed E-state index contributed by atoms with van der Waals surface area (Å²) in [7, 11) is 1.98. The highest BCUT2D eigenvalue weighted by molar-refractivity contribution is 7.25. The molecule has 0 amide bonds. The number of ether oxygens (including phenoxy) is 1. The minimum absolute atomic E-state index is 0.00688. The second-order valence-corrected chi connectivity index (χ2v) is 10.8. The number of hydrogen-bond donors (Lipinski definition) is 1. The van der Waals surface area contributed by atoms with E-state index in [9.17, 15) is 15.2 Å². The van der Waals surface area contributed by atoms with Gasteiger partial charge in [0.1, 0.15) is 17.2 Å². The van der Waals surface area contributed by atoms with Crippen molar-refractivity contribution in [3.05, 3.63) is 33.7 Å². The summed E-state index contributed by atoms with van der Waals surface area (Å²) < 4.78 is 5.34. The van der Waals surface area contributed by atoms with Crippen molar-refractivity contribution in [1.82, 2.24) is 0 Å². The molecule has 2 heterocycles. The van der Waals surface area contributed by atoms with E-state index in [2.05, 4.69) is 30.9 Å². The van der Waals surface area contributed by atoms with Gasteiger partial charge >= 0.3 is 5.97 Å². The SMILES string of the molecule is CN(CCO)c1cc2c(s1)-c1sc(/C=C(\C#N)C(=O)OC(C)(C)C)cc1C2(C)C. The molecule has 0 atom stereocenters. The van der Waals surface area contributed by atoms with Gasteiger partial charge in [-0.15, -0.1) is 22.7 Å². The fourth-order valence-corrected chi connectivity index (χ4v) is 6.06. The van der Waals surface area contributed by atoms with Crippen molar-refractivity contribution in [2.45, 2.75) is 45.6 Å². The number of hydrogen-bond acceptors (Lipinski definition) is 7. The zero-order valence-electron chi connectivity index (χ0n) is 17.6. The molecule has 0 saturated carbocycles. The molecule has 0 aromatic carbocycles. The Labute approximate surface area is 179 Å². The zero-order valence-corrected chi connectivity index (χ0v) is 19.3. The molecule has 29 heavy (non-hydrogen) atoms. The Morgan fingerprint density at radius 1 is 1.28 bits per heavy atom. The highest BCUT2D eigenvalue weighted by atomic mass is 32.1. The maximum atomic E-state index is 12.3. The molecule has 154 valence electrons. The Morgan fingerprint density at radius 2 is 1.90 bits per heavy atom. The van der Waals surface area contributed by atoms with Gasteiger partial charge in [0, 0.05) is 28.8 Å². The summed E-state index contributed by atoms with van der Waals surface area (Å²) in [6, 6.07) is 6.26. The van der Waals surface area contributed by atoms with Gasteiger partial charge in [0.25, 0.3) is 0 Å². The van der Waals surface area contributed by atoms with E-state index >= 15 is 0 Å². The smallest absolute Gasteiger partial charge is 0.349 e. The Balaban J connectivity index is 1.98. The number of aliphatic hydroxyl groups is 1. The molecule has 3 rings (SSSR count). The first-order valence-corrected chi connectivity index (χ1v) is 11.1. The zero-order chi connectivity index (χ0) is 21.6. The molecule has 0 fully saturated rings. The lowest BCUT2D eigenvalue weighted by Crippen LogP contribution is -2.24. The Bertz CT molecular complexity index is 1020. The number of esters is 1. The molecule has 5 nitrogen and oxygen atoms in total. The number of thiophene rings is 2. The monoisotopic (exact) mass is 430 g/mol. The van der Waals surface area contributed by atoms with Gasteiger partial charge in [0.05, 0.1) is 16.5 Å². The van der Waals surface area contributed by atoms with Gasteiger partial charge in [-0.1, -0.05) is 13.8 Å². The average molecular weight is 431 g/mol. The van der Waals surface area contributed by atoms with Crippen molar-refractivity contribution in [3.63, 3.8) is 0 Å². The lowest BCUT2D eigenvalue weighted by Gasteiger charge is -2.20. The topological polar surface area (TPSA) is 73.6 Å². The third kappa shape index (κ3) is 4.11. The molecule has 0 spiro atoms. The average Bonchev–Trinajstić information content (AvgIpc) is 3.26. The maximum Gasteiger partial charge on any atom is 0.349 e. The first-order valence-electron chi connectivity index (χ1n) is 9.44. The predicted octanol–water partition coefficient (Wildman–Crippen LogP) is 4.79. The molecule has 2 aromatic heterocycles. The van der Waals surface area contributed by atoms with Gasteiger partial charge < -0.3 is 14.7 Å². The highest BCUT2D eigenvalue weighted by Gasteiger charge is 2.39. The van der Waals surface area contributed by atoms with E-state index in [4.69, 9.17) is 4.74 Å². The van der Waals surface area contributed by atoms with Crippen LogP contribution in [0.1, 0.15) is 50.6 Å². The van der Waals surface area contributed by atoms with Crippen molar-refractivity contribution in [2.75, 3.05) is 25.1 Å². The molecule has 0 radical (unpaired) electrons. The number of nitriles is 1. The minimum atomic E-state index is -0.644. The summed E-state index contributed by atoms with van der Waals surface area (Å²) in [4.78, 5) is 17.6. The molecule has 0 bridgehead atoms. The second kappa shape index (κ2) is 7.60. The van der Waals surface area contributed by atoms with Gasteiger partial charge in [-0.05, 0) is 50.1 Å². The van der Waals surface area contributed by atoms with E-state index in [0.29, 0.717) is 6.54 Å². The lowest BCUT2D eigenvalue weighted by molar-refractivity contribution is -0.149. The number of carbonyl (C=O) groups is 1. The number of aliphatic hydroxyl groups excluding tert-OH is 1. The normalized spacial score (nSPS) is 14.9. The van der Waals surface area contributed by atoms with E-state index < -0.39 is 11.6 Å². The van der Waals surface area contributed by atoms with E-state index in [1.807, 2.05) is 13.1 Å². The molecule has 0 aliphatic heterocycles. The van der Waals surface area contributed by atoms with Crippen LogP contribution in [0.3, 0.4) is 0 Å². The van der Waals surface area contributed by atoms with Crippen molar-refractivity contribution in [2.24, 2.45) is 0 Å². The fourth-order valence-electron chi connectivity index (χ4n) is 3.33. The van der Waals surface area contributed by atoms with Crippen LogP contribution in [0.15, 0.2) is 17.7 Å². The van der Waals surface area contributed by atoms with Crippen LogP contribution >= 0.6 is 22.7 Å². The fraction of sp³-hybridized carbons (Fsp3) is 0.455. The molecular weight excluding hydrogens is 404 g/mol. The summed E-state index contributed by atoms with van der Waals surface area (Å²) >= 11 is 3.31. The lowest BCUT2D eigenvalue weighted by atomic mass is 9.84.